The van der Waals surface area contributed by atoms with E-state index in [0.29, 0.717) is 5.56 Å². The lowest BCUT2D eigenvalue weighted by Gasteiger charge is -2.22. The Balaban J connectivity index is 3.24. The van der Waals surface area contributed by atoms with Gasteiger partial charge >= 0.3 is 0 Å². The zero-order valence-electron chi connectivity index (χ0n) is 8.34. The van der Waals surface area contributed by atoms with E-state index in [2.05, 4.69) is 0 Å². The Morgan fingerprint density at radius 3 is 2.64 bits per heavy atom. The highest BCUT2D eigenvalue weighted by Gasteiger charge is 2.18. The van der Waals surface area contributed by atoms with Gasteiger partial charge < -0.3 is 5.73 Å². The number of hydrogen-bond acceptors (Lipinski definition) is 2. The minimum absolute atomic E-state index is 0.260. The lowest BCUT2D eigenvalue weighted by molar-refractivity contribution is 0.538. The summed E-state index contributed by atoms with van der Waals surface area (Å²) in [5.41, 5.74) is 6.75. The molecular weight excluding hydrogens is 179 g/mol. The van der Waals surface area contributed by atoms with Crippen LogP contribution in [0.5, 0.6) is 0 Å². The van der Waals surface area contributed by atoms with Crippen molar-refractivity contribution >= 4 is 0 Å². The Hall–Kier alpha value is -1.40. The van der Waals surface area contributed by atoms with Crippen molar-refractivity contribution in [3.8, 4) is 6.07 Å². The molecule has 1 rings (SSSR count). The summed E-state index contributed by atoms with van der Waals surface area (Å²) in [7, 11) is 0. The summed E-state index contributed by atoms with van der Waals surface area (Å²) in [5, 5.41) is 8.59. The fourth-order valence-electron chi connectivity index (χ4n) is 1.39. The molecule has 0 aliphatic heterocycles. The maximum absolute atomic E-state index is 13.0. The van der Waals surface area contributed by atoms with Crippen molar-refractivity contribution < 1.29 is 4.39 Å². The molecule has 0 bridgehead atoms. The van der Waals surface area contributed by atoms with Crippen molar-refractivity contribution in [2.75, 3.05) is 0 Å². The summed E-state index contributed by atoms with van der Waals surface area (Å²) >= 11 is 0. The number of nitrogens with two attached hydrogens (primary N) is 1. The van der Waals surface area contributed by atoms with Gasteiger partial charge in [0.25, 0.3) is 0 Å². The van der Waals surface area contributed by atoms with Crippen molar-refractivity contribution in [1.82, 2.24) is 0 Å². The van der Waals surface area contributed by atoms with Crippen LogP contribution in [0.15, 0.2) is 18.2 Å². The molecule has 2 nitrogen and oxygen atoms in total. The summed E-state index contributed by atoms with van der Waals surface area (Å²) in [6.45, 7) is 3.59. The van der Waals surface area contributed by atoms with Crippen molar-refractivity contribution in [2.24, 2.45) is 5.73 Å². The quantitative estimate of drug-likeness (QED) is 0.780. The third kappa shape index (κ3) is 2.30. The van der Waals surface area contributed by atoms with Gasteiger partial charge in [0, 0.05) is 5.54 Å². The number of halogens is 1. The van der Waals surface area contributed by atoms with Gasteiger partial charge in [-0.05, 0) is 37.1 Å². The van der Waals surface area contributed by atoms with Gasteiger partial charge in [-0.25, -0.2) is 4.39 Å². The van der Waals surface area contributed by atoms with Crippen LogP contribution in [0.1, 0.15) is 25.0 Å². The van der Waals surface area contributed by atoms with Gasteiger partial charge in [0.1, 0.15) is 5.82 Å². The Morgan fingerprint density at radius 2 is 2.14 bits per heavy atom. The molecule has 0 aliphatic carbocycles. The van der Waals surface area contributed by atoms with E-state index in [1.807, 2.05) is 6.07 Å². The molecule has 14 heavy (non-hydrogen) atoms. The topological polar surface area (TPSA) is 49.8 Å². The molecule has 0 unspecified atom stereocenters. The minimum Gasteiger partial charge on any atom is -0.322 e. The zero-order chi connectivity index (χ0) is 10.8. The molecule has 0 saturated carbocycles. The van der Waals surface area contributed by atoms with E-state index < -0.39 is 5.54 Å². The van der Waals surface area contributed by atoms with Gasteiger partial charge in [0.2, 0.25) is 0 Å². The average Bonchev–Trinajstić information content (AvgIpc) is 2.07. The van der Waals surface area contributed by atoms with E-state index in [1.54, 1.807) is 19.9 Å². The molecule has 2 N–H and O–H groups in total. The monoisotopic (exact) mass is 192 g/mol. The first-order valence-electron chi connectivity index (χ1n) is 4.40. The molecule has 0 spiro atoms. The second-order valence-corrected chi connectivity index (χ2v) is 3.86. The van der Waals surface area contributed by atoms with Crippen LogP contribution in [0, 0.1) is 17.1 Å². The minimum atomic E-state index is -0.617. The van der Waals surface area contributed by atoms with E-state index in [0.717, 1.165) is 5.56 Å². The van der Waals surface area contributed by atoms with Gasteiger partial charge in [-0.1, -0.05) is 6.07 Å². The first-order chi connectivity index (χ1) is 6.45. The third-order valence-electron chi connectivity index (χ3n) is 2.04. The maximum atomic E-state index is 13.0. The number of hydrogen-bond donors (Lipinski definition) is 1. The van der Waals surface area contributed by atoms with Crippen LogP contribution in [0.2, 0.25) is 0 Å². The van der Waals surface area contributed by atoms with Crippen molar-refractivity contribution in [2.45, 2.75) is 25.8 Å². The SMILES string of the molecule is CC(C)(N)c1cc(F)ccc1CC#N. The maximum Gasteiger partial charge on any atom is 0.123 e. The van der Waals surface area contributed by atoms with Crippen molar-refractivity contribution in [3.05, 3.63) is 35.1 Å². The molecule has 0 fully saturated rings. The van der Waals surface area contributed by atoms with Crippen LogP contribution in [0.3, 0.4) is 0 Å². The summed E-state index contributed by atoms with van der Waals surface area (Å²) in [6.07, 6.45) is 0.260. The molecule has 1 aromatic rings. The Morgan fingerprint density at radius 1 is 1.50 bits per heavy atom. The number of nitriles is 1. The molecule has 74 valence electrons. The Kier molecular flexibility index (Phi) is 2.87. The van der Waals surface area contributed by atoms with Crippen LogP contribution < -0.4 is 5.73 Å². The predicted molar refractivity (Wildman–Crippen MR) is 52.9 cm³/mol. The summed E-state index contributed by atoms with van der Waals surface area (Å²) in [6, 6.07) is 6.40. The van der Waals surface area contributed by atoms with Gasteiger partial charge in [-0.2, -0.15) is 5.26 Å². The normalized spacial score (nSPS) is 11.1. The van der Waals surface area contributed by atoms with Gasteiger partial charge in [-0.15, -0.1) is 0 Å². The highest BCUT2D eigenvalue weighted by Crippen LogP contribution is 2.22. The van der Waals surface area contributed by atoms with E-state index in [4.69, 9.17) is 11.0 Å². The van der Waals surface area contributed by atoms with Gasteiger partial charge in [0.05, 0.1) is 12.5 Å². The summed E-state index contributed by atoms with van der Waals surface area (Å²) in [5.74, 6) is -0.319. The molecular formula is C11H13FN2. The Labute approximate surface area is 83.2 Å². The van der Waals surface area contributed by atoms with Crippen LogP contribution in [0.25, 0.3) is 0 Å². The third-order valence-corrected chi connectivity index (χ3v) is 2.04. The number of benzene rings is 1. The van der Waals surface area contributed by atoms with E-state index in [-0.39, 0.29) is 12.2 Å². The van der Waals surface area contributed by atoms with Crippen LogP contribution >= 0.6 is 0 Å². The highest BCUT2D eigenvalue weighted by atomic mass is 19.1. The van der Waals surface area contributed by atoms with Crippen LogP contribution in [-0.4, -0.2) is 0 Å². The fraction of sp³-hybridized carbons (Fsp3) is 0.364. The van der Waals surface area contributed by atoms with Gasteiger partial charge in [0.15, 0.2) is 0 Å². The molecule has 3 heteroatoms. The first kappa shape index (κ1) is 10.7. The Bertz CT molecular complexity index is 372. The number of rotatable bonds is 2. The molecule has 0 heterocycles. The molecule has 0 atom stereocenters. The summed E-state index contributed by atoms with van der Waals surface area (Å²) < 4.78 is 13.0. The van der Waals surface area contributed by atoms with E-state index in [1.165, 1.54) is 12.1 Å². The van der Waals surface area contributed by atoms with Crippen molar-refractivity contribution in [3.63, 3.8) is 0 Å². The largest absolute Gasteiger partial charge is 0.322 e. The molecule has 0 saturated heterocycles. The standard InChI is InChI=1S/C11H13FN2/c1-11(2,14)10-7-9(12)4-3-8(10)5-6-13/h3-4,7H,5,14H2,1-2H3. The van der Waals surface area contributed by atoms with E-state index in [9.17, 15) is 4.39 Å². The predicted octanol–water partition coefficient (Wildman–Crippen LogP) is 2.09. The second-order valence-electron chi connectivity index (χ2n) is 3.86. The first-order valence-corrected chi connectivity index (χ1v) is 4.40. The van der Waals surface area contributed by atoms with Crippen LogP contribution in [0.4, 0.5) is 4.39 Å². The lowest BCUT2D eigenvalue weighted by Crippen LogP contribution is -2.30. The zero-order valence-corrected chi connectivity index (χ0v) is 8.34. The highest BCUT2D eigenvalue weighted by molar-refractivity contribution is 5.34. The molecule has 0 aliphatic rings. The molecule has 0 aromatic heterocycles. The van der Waals surface area contributed by atoms with Crippen LogP contribution in [-0.2, 0) is 12.0 Å². The summed E-state index contributed by atoms with van der Waals surface area (Å²) in [4.78, 5) is 0. The molecule has 1 aromatic carbocycles. The molecule has 0 amide bonds. The van der Waals surface area contributed by atoms with Crippen molar-refractivity contribution in [1.29, 1.82) is 5.26 Å². The lowest BCUT2D eigenvalue weighted by atomic mass is 9.90. The van der Waals surface area contributed by atoms with Gasteiger partial charge in [-0.3, -0.25) is 0 Å². The van der Waals surface area contributed by atoms with E-state index >= 15 is 0 Å². The second kappa shape index (κ2) is 3.77. The smallest absolute Gasteiger partial charge is 0.123 e. The average molecular weight is 192 g/mol. The number of nitrogens with zero attached hydrogens (tertiary/aromatic N) is 1. The molecule has 0 radical (unpaired) electrons. The fourth-order valence-corrected chi connectivity index (χ4v) is 1.39.